The fraction of sp³-hybridized carbons (Fsp3) is 0.190. The Balaban J connectivity index is 1.93. The molecule has 5 N–H and O–H groups in total. The van der Waals surface area contributed by atoms with Crippen molar-refractivity contribution in [2.75, 3.05) is 0 Å². The summed E-state index contributed by atoms with van der Waals surface area (Å²) in [6.45, 7) is 3.12. The summed E-state index contributed by atoms with van der Waals surface area (Å²) in [6.07, 6.45) is 3.31. The van der Waals surface area contributed by atoms with Crippen LogP contribution in [-0.2, 0) is 11.5 Å². The molecule has 8 nitrogen and oxygen atoms in total. The average Bonchev–Trinajstić information content (AvgIpc) is 3.02. The zero-order valence-electron chi connectivity index (χ0n) is 16.4. The molecule has 156 valence electrons. The molecule has 3 rings (SSSR count). The van der Waals surface area contributed by atoms with Gasteiger partial charge in [-0.15, -0.1) is 9.11 Å². The van der Waals surface area contributed by atoms with Crippen molar-refractivity contribution >= 4 is 23.1 Å². The summed E-state index contributed by atoms with van der Waals surface area (Å²) in [4.78, 5) is 17.1. The highest BCUT2D eigenvalue weighted by atomic mass is 32.2. The Morgan fingerprint density at radius 1 is 1.23 bits per heavy atom. The molecule has 1 aromatic carbocycles. The number of aromatic nitrogens is 1. The molecule has 0 spiro atoms. The minimum Gasteiger partial charge on any atom is -0.508 e. The van der Waals surface area contributed by atoms with Gasteiger partial charge in [-0.3, -0.25) is 9.78 Å². The monoisotopic (exact) mass is 428 g/mol. The van der Waals surface area contributed by atoms with Gasteiger partial charge in [0.05, 0.1) is 6.04 Å². The lowest BCUT2D eigenvalue weighted by Gasteiger charge is -2.20. The molecule has 0 aliphatic heterocycles. The van der Waals surface area contributed by atoms with E-state index in [1.165, 1.54) is 12.1 Å². The summed E-state index contributed by atoms with van der Waals surface area (Å²) in [5.41, 5.74) is 1.52. The van der Waals surface area contributed by atoms with Gasteiger partial charge in [0.15, 0.2) is 5.76 Å². The van der Waals surface area contributed by atoms with Crippen molar-refractivity contribution in [1.29, 1.82) is 5.41 Å². The van der Waals surface area contributed by atoms with Crippen molar-refractivity contribution in [2.45, 2.75) is 31.2 Å². The van der Waals surface area contributed by atoms with Gasteiger partial charge in [-0.2, -0.15) is 0 Å². The Hall–Kier alpha value is -3.14. The first-order chi connectivity index (χ1) is 14.3. The minimum absolute atomic E-state index is 0.0296. The van der Waals surface area contributed by atoms with Crippen molar-refractivity contribution in [3.05, 3.63) is 77.0 Å². The summed E-state index contributed by atoms with van der Waals surface area (Å²) in [5.74, 6) is -0.0178. The van der Waals surface area contributed by atoms with Crippen molar-refractivity contribution in [2.24, 2.45) is 0 Å². The fourth-order valence-electron chi connectivity index (χ4n) is 3.23. The molecule has 3 aromatic rings. The minimum atomic E-state index is -2.15. The zero-order chi connectivity index (χ0) is 21.8. The van der Waals surface area contributed by atoms with Crippen molar-refractivity contribution in [3.8, 4) is 5.75 Å². The van der Waals surface area contributed by atoms with Gasteiger partial charge < -0.3 is 20.2 Å². The second kappa shape index (κ2) is 9.12. The number of phenols is 1. The normalized spacial score (nSPS) is 12.0. The van der Waals surface area contributed by atoms with E-state index >= 15 is 0 Å². The number of nitrogens with one attached hydrogen (secondary N) is 2. The Morgan fingerprint density at radius 2 is 2.00 bits per heavy atom. The third-order valence-corrected chi connectivity index (χ3v) is 5.47. The van der Waals surface area contributed by atoms with Crippen LogP contribution in [0.3, 0.4) is 0 Å². The number of nitrogens with zero attached hydrogens (tertiary/aromatic N) is 1. The third-order valence-electron chi connectivity index (χ3n) is 4.61. The molecule has 0 saturated carbocycles. The number of hydrogen-bond donors (Lipinski definition) is 5. The van der Waals surface area contributed by atoms with Gasteiger partial charge in [0.25, 0.3) is 10.8 Å². The SMILES string of the molecule is Cc1oc(C)c([S+](O)O)c1C(=O)NC(CC(=N)c1cccnc1)c1cccc(O)c1. The average molecular weight is 428 g/mol. The number of carbonyl (C=O) groups is 1. The molecule has 0 aliphatic rings. The van der Waals surface area contributed by atoms with Gasteiger partial charge in [-0.1, -0.05) is 18.2 Å². The number of carbonyl (C=O) groups excluding carboxylic acids is 1. The van der Waals surface area contributed by atoms with Crippen LogP contribution >= 0.6 is 0 Å². The van der Waals surface area contributed by atoms with Crippen LogP contribution in [0.4, 0.5) is 0 Å². The number of amides is 1. The highest BCUT2D eigenvalue weighted by Crippen LogP contribution is 2.28. The van der Waals surface area contributed by atoms with Gasteiger partial charge in [-0.05, 0) is 37.6 Å². The Kier molecular flexibility index (Phi) is 6.56. The van der Waals surface area contributed by atoms with Crippen molar-refractivity contribution < 1.29 is 23.4 Å². The molecule has 9 heteroatoms. The van der Waals surface area contributed by atoms with E-state index in [2.05, 4.69) is 10.3 Å². The van der Waals surface area contributed by atoms with Crippen LogP contribution in [0.5, 0.6) is 5.75 Å². The third kappa shape index (κ3) is 4.70. The van der Waals surface area contributed by atoms with Gasteiger partial charge in [0, 0.05) is 30.1 Å². The first-order valence-electron chi connectivity index (χ1n) is 9.08. The summed E-state index contributed by atoms with van der Waals surface area (Å²) >= 11 is -2.15. The first kappa shape index (κ1) is 21.6. The molecular weight excluding hydrogens is 406 g/mol. The van der Waals surface area contributed by atoms with Crippen LogP contribution in [0.15, 0.2) is 58.1 Å². The van der Waals surface area contributed by atoms with E-state index in [4.69, 9.17) is 9.83 Å². The maximum Gasteiger partial charge on any atom is 0.355 e. The van der Waals surface area contributed by atoms with E-state index in [1.807, 2.05) is 0 Å². The molecular formula is C21H22N3O5S+. The summed E-state index contributed by atoms with van der Waals surface area (Å²) in [6, 6.07) is 9.23. The van der Waals surface area contributed by atoms with E-state index in [0.717, 1.165) is 0 Å². The quantitative estimate of drug-likeness (QED) is 0.286. The second-order valence-electron chi connectivity index (χ2n) is 6.73. The molecule has 2 heterocycles. The van der Waals surface area contributed by atoms with Gasteiger partial charge in [0.2, 0.25) is 0 Å². The molecule has 1 atom stereocenters. The lowest BCUT2D eigenvalue weighted by molar-refractivity contribution is 0.0933. The van der Waals surface area contributed by atoms with E-state index in [-0.39, 0.29) is 39.9 Å². The van der Waals surface area contributed by atoms with E-state index in [1.54, 1.807) is 50.5 Å². The molecule has 0 fully saturated rings. The van der Waals surface area contributed by atoms with Crippen LogP contribution in [0.1, 0.15) is 45.5 Å². The zero-order valence-corrected chi connectivity index (χ0v) is 17.2. The predicted octanol–water partition coefficient (Wildman–Crippen LogP) is 3.85. The highest BCUT2D eigenvalue weighted by Gasteiger charge is 2.36. The van der Waals surface area contributed by atoms with Crippen molar-refractivity contribution in [3.63, 3.8) is 0 Å². The largest absolute Gasteiger partial charge is 0.508 e. The first-order valence-corrected chi connectivity index (χ1v) is 10.2. The number of aryl methyl sites for hydroxylation is 2. The smallest absolute Gasteiger partial charge is 0.355 e. The Labute approximate surface area is 176 Å². The van der Waals surface area contributed by atoms with E-state index < -0.39 is 23.4 Å². The van der Waals surface area contributed by atoms with Crippen LogP contribution in [-0.4, -0.2) is 30.8 Å². The second-order valence-corrected chi connectivity index (χ2v) is 7.66. The molecule has 0 radical (unpaired) electrons. The number of aromatic hydroxyl groups is 1. The Bertz CT molecular complexity index is 1070. The summed E-state index contributed by atoms with van der Waals surface area (Å²) in [5, 5.41) is 21.1. The van der Waals surface area contributed by atoms with Gasteiger partial charge >= 0.3 is 11.5 Å². The lowest BCUT2D eigenvalue weighted by atomic mass is 9.97. The number of pyridine rings is 1. The number of phenolic OH excluding ortho intramolecular Hbond substituents is 1. The van der Waals surface area contributed by atoms with Crippen LogP contribution in [0, 0.1) is 19.3 Å². The molecule has 1 amide bonds. The van der Waals surface area contributed by atoms with Gasteiger partial charge in [-0.25, -0.2) is 0 Å². The number of benzene rings is 1. The number of hydrogen-bond acceptors (Lipinski definition) is 7. The van der Waals surface area contributed by atoms with Crippen LogP contribution in [0.25, 0.3) is 0 Å². The molecule has 0 bridgehead atoms. The summed E-state index contributed by atoms with van der Waals surface area (Å²) < 4.78 is 24.8. The fourth-order valence-corrected chi connectivity index (χ4v) is 3.95. The van der Waals surface area contributed by atoms with Gasteiger partial charge in [0.1, 0.15) is 17.1 Å². The highest BCUT2D eigenvalue weighted by molar-refractivity contribution is 7.86. The number of furan rings is 1. The molecule has 2 aromatic heterocycles. The molecule has 1 unspecified atom stereocenters. The maximum absolute atomic E-state index is 13.1. The lowest BCUT2D eigenvalue weighted by Crippen LogP contribution is -2.31. The summed E-state index contributed by atoms with van der Waals surface area (Å²) in [7, 11) is 0. The van der Waals surface area contributed by atoms with Crippen LogP contribution in [0.2, 0.25) is 0 Å². The number of rotatable bonds is 7. The van der Waals surface area contributed by atoms with Crippen molar-refractivity contribution in [1.82, 2.24) is 10.3 Å². The topological polar surface area (TPSA) is 140 Å². The molecule has 0 aliphatic carbocycles. The van der Waals surface area contributed by atoms with Crippen LogP contribution < -0.4 is 5.32 Å². The van der Waals surface area contributed by atoms with E-state index in [9.17, 15) is 19.0 Å². The molecule has 30 heavy (non-hydrogen) atoms. The maximum atomic E-state index is 13.1. The van der Waals surface area contributed by atoms with E-state index in [0.29, 0.717) is 11.1 Å². The standard InChI is InChI=1S/C21H21N3O5S/c1-12-19(20(30(27)28)13(2)29-12)21(26)24-18(14-5-3-7-16(25)9-14)10-17(22)15-6-4-8-23-11-15/h3-9,11,18,22,27-28H,10H2,1-2H3,(H-,24,25,26)/p+1. The Morgan fingerprint density at radius 3 is 2.63 bits per heavy atom. The predicted molar refractivity (Wildman–Crippen MR) is 113 cm³/mol. The molecule has 0 saturated heterocycles.